The Morgan fingerprint density at radius 3 is 2.38 bits per heavy atom. The number of carbonyl (C=O) groups is 1. The molecule has 0 fully saturated rings. The number of hydrogen-bond acceptors (Lipinski definition) is 5. The molecule has 122 valence electrons. The Kier molecular flexibility index (Phi) is 5.06. The van der Waals surface area contributed by atoms with Crippen LogP contribution < -0.4 is 0 Å². The molecular formula is C16H16N6O2. The van der Waals surface area contributed by atoms with Crippen LogP contribution in [-0.2, 0) is 7.05 Å². The molecular weight excluding hydrogens is 308 g/mol. The minimum atomic E-state index is -1.08. The lowest BCUT2D eigenvalue weighted by Crippen LogP contribution is -2.05. The maximum Gasteiger partial charge on any atom is 0.353 e. The largest absolute Gasteiger partial charge is 0.477 e. The maximum atomic E-state index is 11.4. The Balaban J connectivity index is 0.00000100. The minimum absolute atomic E-state index is 0.0730. The number of H-pyrrole nitrogens is 1. The van der Waals surface area contributed by atoms with Crippen LogP contribution >= 0.6 is 0 Å². The average Bonchev–Trinajstić information content (AvgIpc) is 3.24. The van der Waals surface area contributed by atoms with Crippen molar-refractivity contribution < 1.29 is 9.90 Å². The molecule has 24 heavy (non-hydrogen) atoms. The molecule has 0 saturated carbocycles. The molecule has 1 aromatic carbocycles. The van der Waals surface area contributed by atoms with Crippen molar-refractivity contribution >= 4 is 5.97 Å². The maximum absolute atomic E-state index is 11.4. The highest BCUT2D eigenvalue weighted by molar-refractivity contribution is 5.96. The Hall–Kier alpha value is -3.47. The molecule has 0 amide bonds. The van der Waals surface area contributed by atoms with Gasteiger partial charge in [0.1, 0.15) is 11.8 Å². The first-order valence-electron chi connectivity index (χ1n) is 7.28. The summed E-state index contributed by atoms with van der Waals surface area (Å²) in [7, 11) is 1.60. The number of aromatic nitrogens is 5. The van der Waals surface area contributed by atoms with E-state index in [-0.39, 0.29) is 5.69 Å². The van der Waals surface area contributed by atoms with Gasteiger partial charge in [-0.05, 0) is 10.8 Å². The van der Waals surface area contributed by atoms with Gasteiger partial charge < -0.3 is 9.67 Å². The first-order valence-corrected chi connectivity index (χ1v) is 7.28. The minimum Gasteiger partial charge on any atom is -0.477 e. The van der Waals surface area contributed by atoms with E-state index in [1.807, 2.05) is 19.9 Å². The Labute approximate surface area is 138 Å². The molecule has 8 nitrogen and oxygen atoms in total. The second-order valence-electron chi connectivity index (χ2n) is 4.61. The Bertz CT molecular complexity index is 873. The van der Waals surface area contributed by atoms with Gasteiger partial charge in [-0.1, -0.05) is 38.1 Å². The van der Waals surface area contributed by atoms with Gasteiger partial charge in [-0.3, -0.25) is 0 Å². The van der Waals surface area contributed by atoms with E-state index in [0.29, 0.717) is 22.5 Å². The van der Waals surface area contributed by atoms with Crippen molar-refractivity contribution in [1.82, 2.24) is 25.2 Å². The molecule has 3 rings (SSSR count). The van der Waals surface area contributed by atoms with Crippen LogP contribution in [0.2, 0.25) is 0 Å². The highest BCUT2D eigenvalue weighted by Crippen LogP contribution is 2.30. The summed E-state index contributed by atoms with van der Waals surface area (Å²) >= 11 is 0. The molecule has 0 aliphatic rings. The van der Waals surface area contributed by atoms with Crippen molar-refractivity contribution in [3.8, 4) is 28.6 Å². The number of rotatable bonds is 3. The van der Waals surface area contributed by atoms with Gasteiger partial charge in [-0.2, -0.15) is 10.5 Å². The van der Waals surface area contributed by atoms with E-state index in [2.05, 4.69) is 20.6 Å². The number of carboxylic acid groups (broad SMARTS) is 1. The van der Waals surface area contributed by atoms with Crippen LogP contribution in [-0.4, -0.2) is 36.3 Å². The summed E-state index contributed by atoms with van der Waals surface area (Å²) < 4.78 is 1.43. The zero-order chi connectivity index (χ0) is 17.7. The molecule has 0 bridgehead atoms. The van der Waals surface area contributed by atoms with Crippen molar-refractivity contribution in [2.45, 2.75) is 13.8 Å². The van der Waals surface area contributed by atoms with Crippen LogP contribution in [0, 0.1) is 11.3 Å². The molecule has 0 unspecified atom stereocenters. The van der Waals surface area contributed by atoms with E-state index in [4.69, 9.17) is 0 Å². The molecule has 0 aliphatic heterocycles. The fourth-order valence-electron chi connectivity index (χ4n) is 2.33. The molecule has 2 aromatic heterocycles. The number of aryl methyl sites for hydroxylation is 1. The van der Waals surface area contributed by atoms with E-state index < -0.39 is 5.97 Å². The van der Waals surface area contributed by atoms with Gasteiger partial charge in [0.2, 0.25) is 5.82 Å². The number of benzene rings is 1. The standard InChI is InChI=1S/C14H10N6O2.C2H6/c1-20-7-10(6-15)11(12(20)14(21)22)8-2-4-9(5-3-8)13-16-18-19-17-13;1-2/h2-5,7H,1H3,(H,21,22)(H,16,17,18,19);1-2H3. The van der Waals surface area contributed by atoms with Gasteiger partial charge in [-0.15, -0.1) is 10.2 Å². The van der Waals surface area contributed by atoms with Gasteiger partial charge in [0.25, 0.3) is 0 Å². The lowest BCUT2D eigenvalue weighted by Gasteiger charge is -2.04. The number of nitrogens with zero attached hydrogens (tertiary/aromatic N) is 5. The molecule has 0 aliphatic carbocycles. The van der Waals surface area contributed by atoms with Crippen molar-refractivity contribution in [3.05, 3.63) is 41.7 Å². The lowest BCUT2D eigenvalue weighted by molar-refractivity contribution is 0.0687. The van der Waals surface area contributed by atoms with E-state index in [1.54, 1.807) is 31.3 Å². The number of nitriles is 1. The third-order valence-electron chi connectivity index (χ3n) is 3.28. The Morgan fingerprint density at radius 1 is 1.25 bits per heavy atom. The van der Waals surface area contributed by atoms with Crippen LogP contribution in [0.4, 0.5) is 0 Å². The summed E-state index contributed by atoms with van der Waals surface area (Å²) in [6, 6.07) is 8.99. The fourth-order valence-corrected chi connectivity index (χ4v) is 2.33. The molecule has 8 heteroatoms. The summed E-state index contributed by atoms with van der Waals surface area (Å²) in [4.78, 5) is 11.4. The Morgan fingerprint density at radius 2 is 1.88 bits per heavy atom. The van der Waals surface area contributed by atoms with Crippen molar-refractivity contribution in [2.24, 2.45) is 7.05 Å². The van der Waals surface area contributed by atoms with Crippen LogP contribution in [0.25, 0.3) is 22.5 Å². The van der Waals surface area contributed by atoms with Crippen LogP contribution in [0.5, 0.6) is 0 Å². The highest BCUT2D eigenvalue weighted by Gasteiger charge is 2.21. The third-order valence-corrected chi connectivity index (χ3v) is 3.28. The molecule has 0 spiro atoms. The van der Waals surface area contributed by atoms with Crippen molar-refractivity contribution in [1.29, 1.82) is 5.26 Å². The summed E-state index contributed by atoms with van der Waals surface area (Å²) in [6.07, 6.45) is 1.51. The molecule has 0 radical (unpaired) electrons. The topological polar surface area (TPSA) is 120 Å². The quantitative estimate of drug-likeness (QED) is 0.763. The predicted octanol–water partition coefficient (Wildman–Crippen LogP) is 2.47. The second-order valence-corrected chi connectivity index (χ2v) is 4.61. The molecule has 2 heterocycles. The lowest BCUT2D eigenvalue weighted by atomic mass is 10.0. The van der Waals surface area contributed by atoms with Crippen LogP contribution in [0.1, 0.15) is 29.9 Å². The smallest absolute Gasteiger partial charge is 0.353 e. The zero-order valence-corrected chi connectivity index (χ0v) is 13.5. The number of carboxylic acids is 1. The van der Waals surface area contributed by atoms with E-state index >= 15 is 0 Å². The average molecular weight is 324 g/mol. The first-order chi connectivity index (χ1) is 11.6. The summed E-state index contributed by atoms with van der Waals surface area (Å²) in [5.41, 5.74) is 2.17. The highest BCUT2D eigenvalue weighted by atomic mass is 16.4. The van der Waals surface area contributed by atoms with Crippen LogP contribution in [0.15, 0.2) is 30.5 Å². The third kappa shape index (κ3) is 3.01. The predicted molar refractivity (Wildman–Crippen MR) is 87.0 cm³/mol. The van der Waals surface area contributed by atoms with Crippen LogP contribution in [0.3, 0.4) is 0 Å². The van der Waals surface area contributed by atoms with Gasteiger partial charge in [-0.25, -0.2) is 4.79 Å². The van der Waals surface area contributed by atoms with Crippen molar-refractivity contribution in [2.75, 3.05) is 0 Å². The number of aromatic amines is 1. The number of aromatic carboxylic acids is 1. The number of nitrogens with one attached hydrogen (secondary N) is 1. The molecule has 0 atom stereocenters. The van der Waals surface area contributed by atoms with E-state index in [1.165, 1.54) is 10.8 Å². The van der Waals surface area contributed by atoms with E-state index in [0.717, 1.165) is 5.56 Å². The second kappa shape index (κ2) is 7.19. The fraction of sp³-hybridized carbons (Fsp3) is 0.188. The summed E-state index contributed by atoms with van der Waals surface area (Å²) in [5, 5.41) is 32.2. The summed E-state index contributed by atoms with van der Waals surface area (Å²) in [6.45, 7) is 4.00. The first kappa shape index (κ1) is 16.9. The molecule has 2 N–H and O–H groups in total. The zero-order valence-electron chi connectivity index (χ0n) is 13.5. The summed E-state index contributed by atoms with van der Waals surface area (Å²) in [5.74, 6) is -0.639. The SMILES string of the molecule is CC.Cn1cc(C#N)c(-c2ccc(-c3nn[nH]n3)cc2)c1C(=O)O. The molecule has 3 aromatic rings. The van der Waals surface area contributed by atoms with Gasteiger partial charge in [0, 0.05) is 24.4 Å². The monoisotopic (exact) mass is 324 g/mol. The van der Waals surface area contributed by atoms with Gasteiger partial charge in [0.05, 0.1) is 5.56 Å². The van der Waals surface area contributed by atoms with Gasteiger partial charge in [0.15, 0.2) is 0 Å². The molecule has 0 saturated heterocycles. The van der Waals surface area contributed by atoms with Crippen molar-refractivity contribution in [3.63, 3.8) is 0 Å². The van der Waals surface area contributed by atoms with E-state index in [9.17, 15) is 15.2 Å². The normalized spacial score (nSPS) is 9.75. The number of hydrogen-bond donors (Lipinski definition) is 2. The van der Waals surface area contributed by atoms with Gasteiger partial charge >= 0.3 is 5.97 Å². The number of tetrazole rings is 1.